The van der Waals surface area contributed by atoms with E-state index in [9.17, 15) is 8.42 Å². The minimum Gasteiger partial charge on any atom is -0.378 e. The fourth-order valence-corrected chi connectivity index (χ4v) is 5.74. The fraction of sp³-hybridized carbons (Fsp3) is 0.800. The molecule has 0 aliphatic carbocycles. The summed E-state index contributed by atoms with van der Waals surface area (Å²) in [4.78, 5) is 0.312. The third-order valence-corrected chi connectivity index (χ3v) is 6.67. The number of hydrogen-bond donors (Lipinski definition) is 0. The first-order valence-electron chi connectivity index (χ1n) is 7.85. The third-order valence-electron chi connectivity index (χ3n) is 4.62. The highest BCUT2D eigenvalue weighted by Gasteiger charge is 2.50. The van der Waals surface area contributed by atoms with Crippen molar-refractivity contribution in [3.8, 4) is 0 Å². The van der Waals surface area contributed by atoms with Gasteiger partial charge in [0.2, 0.25) is 10.0 Å². The smallest absolute Gasteiger partial charge is 0.246 e. The van der Waals surface area contributed by atoms with Crippen molar-refractivity contribution in [2.75, 3.05) is 26.3 Å². The van der Waals surface area contributed by atoms with Crippen molar-refractivity contribution in [1.29, 1.82) is 0 Å². The van der Waals surface area contributed by atoms with E-state index in [4.69, 9.17) is 9.47 Å². The van der Waals surface area contributed by atoms with E-state index in [0.29, 0.717) is 49.0 Å². The largest absolute Gasteiger partial charge is 0.378 e. The van der Waals surface area contributed by atoms with Crippen molar-refractivity contribution < 1.29 is 17.9 Å². The molecule has 0 radical (unpaired) electrons. The van der Waals surface area contributed by atoms with E-state index in [1.54, 1.807) is 29.9 Å². The summed E-state index contributed by atoms with van der Waals surface area (Å²) in [5.74, 6) is 0. The summed E-state index contributed by atoms with van der Waals surface area (Å²) in [6.07, 6.45) is 0.716. The zero-order valence-corrected chi connectivity index (χ0v) is 15.2. The molecule has 1 aromatic heterocycles. The van der Waals surface area contributed by atoms with Crippen LogP contribution in [0.25, 0.3) is 0 Å². The topological polar surface area (TPSA) is 73.7 Å². The van der Waals surface area contributed by atoms with Crippen LogP contribution in [0.1, 0.15) is 31.7 Å². The maximum Gasteiger partial charge on any atom is 0.246 e. The number of rotatable bonds is 2. The summed E-state index contributed by atoms with van der Waals surface area (Å²) < 4.78 is 41.3. The molecule has 1 unspecified atom stereocenters. The number of ether oxygens (including phenoxy) is 2. The number of hydrogen-bond acceptors (Lipinski definition) is 5. The van der Waals surface area contributed by atoms with Crippen molar-refractivity contribution >= 4 is 10.0 Å². The Morgan fingerprint density at radius 2 is 1.91 bits per heavy atom. The van der Waals surface area contributed by atoms with E-state index in [1.807, 2.05) is 13.8 Å². The number of sulfonamides is 1. The molecule has 1 atom stereocenters. The van der Waals surface area contributed by atoms with Crippen LogP contribution in [0.4, 0.5) is 0 Å². The van der Waals surface area contributed by atoms with Crippen molar-refractivity contribution in [3.63, 3.8) is 0 Å². The first kappa shape index (κ1) is 16.9. The van der Waals surface area contributed by atoms with Gasteiger partial charge in [0.15, 0.2) is 0 Å². The van der Waals surface area contributed by atoms with E-state index in [2.05, 4.69) is 5.10 Å². The first-order chi connectivity index (χ1) is 10.6. The lowest BCUT2D eigenvalue weighted by atomic mass is 9.97. The predicted octanol–water partition coefficient (Wildman–Crippen LogP) is 0.996. The predicted molar refractivity (Wildman–Crippen MR) is 84.8 cm³/mol. The molecular weight excluding hydrogens is 318 g/mol. The Kier molecular flexibility index (Phi) is 3.87. The Labute approximate surface area is 137 Å². The molecule has 23 heavy (non-hydrogen) atoms. The van der Waals surface area contributed by atoms with Gasteiger partial charge in [0.05, 0.1) is 23.6 Å². The summed E-state index contributed by atoms with van der Waals surface area (Å²) in [7, 11) is -1.86. The van der Waals surface area contributed by atoms with E-state index >= 15 is 0 Å². The molecule has 3 rings (SSSR count). The van der Waals surface area contributed by atoms with Gasteiger partial charge < -0.3 is 9.47 Å². The Morgan fingerprint density at radius 1 is 1.22 bits per heavy atom. The van der Waals surface area contributed by atoms with E-state index < -0.39 is 21.2 Å². The van der Waals surface area contributed by atoms with Gasteiger partial charge in [0.25, 0.3) is 0 Å². The molecule has 2 aliphatic rings. The number of nitrogens with zero attached hydrogens (tertiary/aromatic N) is 3. The van der Waals surface area contributed by atoms with Gasteiger partial charge in [0.1, 0.15) is 10.5 Å². The average molecular weight is 343 g/mol. The molecule has 3 heterocycles. The van der Waals surface area contributed by atoms with Crippen LogP contribution in [-0.4, -0.2) is 60.0 Å². The minimum atomic E-state index is -3.62. The van der Waals surface area contributed by atoms with Crippen molar-refractivity contribution in [2.24, 2.45) is 7.05 Å². The van der Waals surface area contributed by atoms with Crippen molar-refractivity contribution in [1.82, 2.24) is 14.1 Å². The van der Waals surface area contributed by atoms with Gasteiger partial charge in [-0.3, -0.25) is 4.68 Å². The highest BCUT2D eigenvalue weighted by atomic mass is 32.2. The van der Waals surface area contributed by atoms with E-state index in [-0.39, 0.29) is 0 Å². The van der Waals surface area contributed by atoms with Crippen LogP contribution in [0.15, 0.2) is 4.90 Å². The molecule has 1 spiro atoms. The summed E-state index contributed by atoms with van der Waals surface area (Å²) in [6.45, 7) is 9.07. The fourth-order valence-electron chi connectivity index (χ4n) is 3.67. The van der Waals surface area contributed by atoms with Gasteiger partial charge in [0, 0.05) is 33.2 Å². The summed E-state index contributed by atoms with van der Waals surface area (Å²) >= 11 is 0. The normalized spacial score (nSPS) is 28.6. The lowest BCUT2D eigenvalue weighted by Gasteiger charge is -2.47. The molecular formula is C15H25N3O4S. The van der Waals surface area contributed by atoms with Gasteiger partial charge in [-0.2, -0.15) is 9.40 Å². The Balaban J connectivity index is 2.02. The van der Waals surface area contributed by atoms with Crippen LogP contribution >= 0.6 is 0 Å². The number of morpholine rings is 1. The SMILES string of the molecule is Cc1nn(C)c(C)c1S(=O)(=O)N1CC(C)(C)OC2(CCOC2)C1. The second-order valence-corrected chi connectivity index (χ2v) is 9.12. The molecule has 0 N–H and O–H groups in total. The molecule has 2 aliphatic heterocycles. The van der Waals surface area contributed by atoms with Crippen LogP contribution < -0.4 is 0 Å². The van der Waals surface area contributed by atoms with Gasteiger partial charge in [-0.1, -0.05) is 0 Å². The van der Waals surface area contributed by atoms with Crippen LogP contribution in [0, 0.1) is 13.8 Å². The third kappa shape index (κ3) is 2.82. The maximum absolute atomic E-state index is 13.2. The average Bonchev–Trinajstić information content (AvgIpc) is 2.93. The first-order valence-corrected chi connectivity index (χ1v) is 9.29. The molecule has 1 aromatic rings. The molecule has 7 nitrogen and oxygen atoms in total. The molecule has 2 fully saturated rings. The minimum absolute atomic E-state index is 0.312. The van der Waals surface area contributed by atoms with E-state index in [0.717, 1.165) is 0 Å². The molecule has 2 saturated heterocycles. The van der Waals surface area contributed by atoms with Crippen molar-refractivity contribution in [2.45, 2.75) is 50.2 Å². The Morgan fingerprint density at radius 3 is 2.43 bits per heavy atom. The maximum atomic E-state index is 13.2. The Bertz CT molecular complexity index is 717. The van der Waals surface area contributed by atoms with E-state index in [1.165, 1.54) is 0 Å². The van der Waals surface area contributed by atoms with Crippen LogP contribution in [-0.2, 0) is 26.5 Å². The molecule has 130 valence electrons. The Hall–Kier alpha value is -0.960. The van der Waals surface area contributed by atoms with Gasteiger partial charge >= 0.3 is 0 Å². The molecule has 8 heteroatoms. The van der Waals surface area contributed by atoms with Gasteiger partial charge in [-0.15, -0.1) is 0 Å². The molecule has 0 aromatic carbocycles. The van der Waals surface area contributed by atoms with Gasteiger partial charge in [-0.05, 0) is 27.7 Å². The highest BCUT2D eigenvalue weighted by molar-refractivity contribution is 7.89. The van der Waals surface area contributed by atoms with Crippen LogP contribution in [0.5, 0.6) is 0 Å². The summed E-state index contributed by atoms with van der Waals surface area (Å²) in [5, 5.41) is 4.25. The van der Waals surface area contributed by atoms with Crippen LogP contribution in [0.3, 0.4) is 0 Å². The lowest BCUT2D eigenvalue weighted by Crippen LogP contribution is -2.61. The number of aryl methyl sites for hydroxylation is 2. The second kappa shape index (κ2) is 5.27. The zero-order chi connectivity index (χ0) is 17.0. The quantitative estimate of drug-likeness (QED) is 0.801. The van der Waals surface area contributed by atoms with Gasteiger partial charge in [-0.25, -0.2) is 8.42 Å². The molecule has 0 bridgehead atoms. The highest BCUT2D eigenvalue weighted by Crippen LogP contribution is 2.37. The zero-order valence-electron chi connectivity index (χ0n) is 14.4. The molecule has 0 amide bonds. The number of aromatic nitrogens is 2. The lowest BCUT2D eigenvalue weighted by molar-refractivity contribution is -0.180. The summed E-state index contributed by atoms with van der Waals surface area (Å²) in [6, 6.07) is 0. The molecule has 0 saturated carbocycles. The second-order valence-electron chi connectivity index (χ2n) is 7.24. The van der Waals surface area contributed by atoms with Crippen LogP contribution in [0.2, 0.25) is 0 Å². The monoisotopic (exact) mass is 343 g/mol. The van der Waals surface area contributed by atoms with Crippen molar-refractivity contribution in [3.05, 3.63) is 11.4 Å². The standard InChI is InChI=1S/C15H25N3O4S/c1-11-13(12(2)17(5)16-11)23(19,20)18-8-14(3,4)22-15(9-18)6-7-21-10-15/h6-10H2,1-5H3. The summed E-state index contributed by atoms with van der Waals surface area (Å²) in [5.41, 5.74) is 0.0940.